The van der Waals surface area contributed by atoms with E-state index in [4.69, 9.17) is 9.40 Å². The lowest BCUT2D eigenvalue weighted by atomic mass is 9.97. The molecule has 1 fully saturated rings. The second-order valence-electron chi connectivity index (χ2n) is 9.11. The molecular weight excluding hydrogens is 466 g/mol. The molecule has 1 aliphatic rings. The number of rotatable bonds is 8. The van der Waals surface area contributed by atoms with E-state index in [0.717, 1.165) is 66.5 Å². The monoisotopic (exact) mass is 497 g/mol. The molecular formula is C30H31N3O2S. The fourth-order valence-electron chi connectivity index (χ4n) is 4.60. The lowest BCUT2D eigenvalue weighted by molar-refractivity contribution is 0.102. The highest BCUT2D eigenvalue weighted by molar-refractivity contribution is 7.10. The summed E-state index contributed by atoms with van der Waals surface area (Å²) in [4.78, 5) is 20.3. The lowest BCUT2D eigenvalue weighted by Gasteiger charge is -2.30. The zero-order valence-corrected chi connectivity index (χ0v) is 21.3. The number of anilines is 1. The lowest BCUT2D eigenvalue weighted by Crippen LogP contribution is -2.33. The molecule has 0 aliphatic carbocycles. The number of hydrogen-bond donors (Lipinski definition) is 1. The number of aromatic nitrogens is 1. The van der Waals surface area contributed by atoms with Crippen molar-refractivity contribution in [3.63, 3.8) is 0 Å². The minimum absolute atomic E-state index is 0.157. The fourth-order valence-corrected chi connectivity index (χ4v) is 5.57. The highest BCUT2D eigenvalue weighted by Crippen LogP contribution is 2.32. The van der Waals surface area contributed by atoms with Crippen molar-refractivity contribution in [3.8, 4) is 11.1 Å². The summed E-state index contributed by atoms with van der Waals surface area (Å²) in [6.07, 6.45) is 8.99. The van der Waals surface area contributed by atoms with Gasteiger partial charge in [-0.15, -0.1) is 11.3 Å². The van der Waals surface area contributed by atoms with Crippen LogP contribution in [0.4, 0.5) is 5.69 Å². The van der Waals surface area contributed by atoms with Crippen LogP contribution < -0.4 is 5.32 Å². The number of nitrogens with zero attached hydrogens (tertiary/aromatic N) is 2. The molecule has 5 nitrogen and oxygen atoms in total. The fraction of sp³-hybridized carbons (Fsp3) is 0.267. The van der Waals surface area contributed by atoms with Crippen LogP contribution in [0.1, 0.15) is 52.5 Å². The number of amides is 1. The summed E-state index contributed by atoms with van der Waals surface area (Å²) in [5.74, 6) is 1.14. The molecule has 2 aromatic carbocycles. The molecule has 0 atom stereocenters. The van der Waals surface area contributed by atoms with Gasteiger partial charge in [0.05, 0.1) is 11.3 Å². The number of nitrogens with one attached hydrogen (secondary N) is 1. The van der Waals surface area contributed by atoms with Gasteiger partial charge in [-0.3, -0.25) is 9.69 Å². The van der Waals surface area contributed by atoms with Gasteiger partial charge in [-0.25, -0.2) is 4.98 Å². The van der Waals surface area contributed by atoms with E-state index in [2.05, 4.69) is 47.5 Å². The first kappa shape index (κ1) is 24.2. The zero-order chi connectivity index (χ0) is 24.7. The Morgan fingerprint density at radius 2 is 1.92 bits per heavy atom. The van der Waals surface area contributed by atoms with Gasteiger partial charge in [0, 0.05) is 29.1 Å². The van der Waals surface area contributed by atoms with E-state index in [1.165, 1.54) is 5.56 Å². The predicted molar refractivity (Wildman–Crippen MR) is 147 cm³/mol. The smallest absolute Gasteiger partial charge is 0.275 e. The summed E-state index contributed by atoms with van der Waals surface area (Å²) in [5, 5.41) is 6.05. The molecule has 1 aliphatic heterocycles. The van der Waals surface area contributed by atoms with Crippen LogP contribution in [0.3, 0.4) is 0 Å². The molecule has 1 amide bonds. The Hall–Kier alpha value is -3.48. The quantitative estimate of drug-likeness (QED) is 0.282. The summed E-state index contributed by atoms with van der Waals surface area (Å²) >= 11 is 1.60. The molecule has 1 saturated heterocycles. The van der Waals surface area contributed by atoms with Gasteiger partial charge >= 0.3 is 0 Å². The third-order valence-electron chi connectivity index (χ3n) is 6.73. The minimum atomic E-state index is -0.157. The first-order valence-corrected chi connectivity index (χ1v) is 13.4. The third-order valence-corrected chi connectivity index (χ3v) is 7.74. The summed E-state index contributed by atoms with van der Waals surface area (Å²) in [6.45, 7) is 5.12. The molecule has 0 saturated carbocycles. The van der Waals surface area contributed by atoms with Crippen molar-refractivity contribution in [1.82, 2.24) is 9.88 Å². The number of carbonyl (C=O) groups excluding carboxylic acids is 1. The van der Waals surface area contributed by atoms with Crippen molar-refractivity contribution in [2.24, 2.45) is 0 Å². The van der Waals surface area contributed by atoms with Crippen molar-refractivity contribution >= 4 is 29.0 Å². The summed E-state index contributed by atoms with van der Waals surface area (Å²) in [6, 6.07) is 20.3. The zero-order valence-electron chi connectivity index (χ0n) is 20.5. The number of hydrogen-bond acceptors (Lipinski definition) is 5. The SMILES string of the molecule is CCc1ccc(-c2ccccc2NC(=O)c2csc(C3CCN(CC=Cc4ccco4)CC3)n2)cc1. The van der Waals surface area contributed by atoms with Gasteiger partial charge in [0.15, 0.2) is 0 Å². The van der Waals surface area contributed by atoms with Gasteiger partial charge < -0.3 is 9.73 Å². The maximum atomic E-state index is 13.1. The first-order valence-electron chi connectivity index (χ1n) is 12.6. The van der Waals surface area contributed by atoms with Crippen molar-refractivity contribution in [2.45, 2.75) is 32.1 Å². The number of likely N-dealkylation sites (tertiary alicyclic amines) is 1. The van der Waals surface area contributed by atoms with E-state index in [-0.39, 0.29) is 5.91 Å². The second kappa shape index (κ2) is 11.5. The molecule has 184 valence electrons. The molecule has 2 aromatic heterocycles. The molecule has 5 rings (SSSR count). The molecule has 1 N–H and O–H groups in total. The van der Waals surface area contributed by atoms with Crippen LogP contribution in [0, 0.1) is 0 Å². The maximum Gasteiger partial charge on any atom is 0.275 e. The summed E-state index contributed by atoms with van der Waals surface area (Å²) < 4.78 is 5.35. The Balaban J connectivity index is 1.18. The van der Waals surface area contributed by atoms with E-state index < -0.39 is 0 Å². The average molecular weight is 498 g/mol. The molecule has 0 spiro atoms. The van der Waals surface area contributed by atoms with Crippen LogP contribution in [0.5, 0.6) is 0 Å². The maximum absolute atomic E-state index is 13.1. The molecule has 0 unspecified atom stereocenters. The molecule has 36 heavy (non-hydrogen) atoms. The van der Waals surface area contributed by atoms with E-state index >= 15 is 0 Å². The number of benzene rings is 2. The number of aryl methyl sites for hydroxylation is 1. The largest absolute Gasteiger partial charge is 0.465 e. The number of thiazole rings is 1. The number of carbonyl (C=O) groups is 1. The van der Waals surface area contributed by atoms with E-state index in [9.17, 15) is 4.79 Å². The van der Waals surface area contributed by atoms with Crippen molar-refractivity contribution < 1.29 is 9.21 Å². The van der Waals surface area contributed by atoms with Gasteiger partial charge in [-0.05, 0) is 67.8 Å². The third kappa shape index (κ3) is 5.83. The van der Waals surface area contributed by atoms with E-state index in [1.807, 2.05) is 47.9 Å². The van der Waals surface area contributed by atoms with Crippen molar-refractivity contribution in [2.75, 3.05) is 25.0 Å². The summed E-state index contributed by atoms with van der Waals surface area (Å²) in [5.41, 5.74) is 4.70. The van der Waals surface area contributed by atoms with Gasteiger partial charge in [0.25, 0.3) is 5.91 Å². The second-order valence-corrected chi connectivity index (χ2v) is 10.0. The summed E-state index contributed by atoms with van der Waals surface area (Å²) in [7, 11) is 0. The topological polar surface area (TPSA) is 58.4 Å². The molecule has 0 radical (unpaired) electrons. The van der Waals surface area contributed by atoms with Crippen molar-refractivity contribution in [1.29, 1.82) is 0 Å². The molecule has 3 heterocycles. The van der Waals surface area contributed by atoms with Crippen LogP contribution in [0.25, 0.3) is 17.2 Å². The highest BCUT2D eigenvalue weighted by atomic mass is 32.1. The standard InChI is InChI=1S/C30H31N3O2S/c1-2-22-11-13-23(14-12-22)26-9-3-4-10-27(26)31-29(34)28-21-36-30(32-28)24-15-18-33(19-16-24)17-5-7-25-8-6-20-35-25/h3-14,20-21,24H,2,15-19H2,1H3,(H,31,34). The van der Waals surface area contributed by atoms with Crippen LogP contribution in [-0.2, 0) is 6.42 Å². The number of para-hydroxylation sites is 1. The average Bonchev–Trinajstić information content (AvgIpc) is 3.63. The minimum Gasteiger partial charge on any atom is -0.465 e. The normalized spacial score (nSPS) is 14.9. The van der Waals surface area contributed by atoms with E-state index in [0.29, 0.717) is 11.6 Å². The molecule has 6 heteroatoms. The van der Waals surface area contributed by atoms with Crippen LogP contribution in [0.2, 0.25) is 0 Å². The first-order chi connectivity index (χ1) is 17.7. The van der Waals surface area contributed by atoms with Crippen LogP contribution in [0.15, 0.2) is 82.8 Å². The Morgan fingerprint density at radius 1 is 1.11 bits per heavy atom. The Morgan fingerprint density at radius 3 is 2.67 bits per heavy atom. The Kier molecular flexibility index (Phi) is 7.74. The van der Waals surface area contributed by atoms with Crippen LogP contribution >= 0.6 is 11.3 Å². The molecule has 0 bridgehead atoms. The van der Waals surface area contributed by atoms with Crippen molar-refractivity contribution in [3.05, 3.63) is 100 Å². The van der Waals surface area contributed by atoms with Crippen LogP contribution in [-0.4, -0.2) is 35.4 Å². The van der Waals surface area contributed by atoms with Gasteiger partial charge in [0.1, 0.15) is 11.5 Å². The highest BCUT2D eigenvalue weighted by Gasteiger charge is 2.24. The van der Waals surface area contributed by atoms with Gasteiger partial charge in [-0.1, -0.05) is 55.5 Å². The molecule has 4 aromatic rings. The predicted octanol–water partition coefficient (Wildman–Crippen LogP) is 7.11. The Labute approximate surface area is 216 Å². The number of piperidine rings is 1. The van der Waals surface area contributed by atoms with Gasteiger partial charge in [0.2, 0.25) is 0 Å². The Bertz CT molecular complexity index is 1300. The van der Waals surface area contributed by atoms with Gasteiger partial charge in [-0.2, -0.15) is 0 Å². The number of furan rings is 1. The van der Waals surface area contributed by atoms with E-state index in [1.54, 1.807) is 17.6 Å².